The highest BCUT2D eigenvalue weighted by atomic mass is 15.1. The predicted octanol–water partition coefficient (Wildman–Crippen LogP) is 14.8. The van der Waals surface area contributed by atoms with Crippen LogP contribution in [0.1, 0.15) is 11.1 Å². The molecule has 0 unspecified atom stereocenters. The Labute approximate surface area is 333 Å². The van der Waals surface area contributed by atoms with Crippen LogP contribution < -0.4 is 4.90 Å². The van der Waals surface area contributed by atoms with E-state index in [9.17, 15) is 0 Å². The van der Waals surface area contributed by atoms with E-state index < -0.39 is 0 Å². The summed E-state index contributed by atoms with van der Waals surface area (Å²) in [6.45, 7) is 0. The van der Waals surface area contributed by atoms with Crippen LogP contribution in [0.15, 0.2) is 218 Å². The fourth-order valence-corrected chi connectivity index (χ4v) is 8.97. The molecular formula is C55H38N2. The Hall–Kier alpha value is -7.42. The largest absolute Gasteiger partial charge is 0.310 e. The van der Waals surface area contributed by atoms with Crippen molar-refractivity contribution in [2.75, 3.05) is 4.90 Å². The third-order valence-corrected chi connectivity index (χ3v) is 11.6. The lowest BCUT2D eigenvalue weighted by Gasteiger charge is -2.29. The summed E-state index contributed by atoms with van der Waals surface area (Å²) in [5.74, 6) is 0. The first kappa shape index (κ1) is 33.0. The van der Waals surface area contributed by atoms with Gasteiger partial charge in [0.25, 0.3) is 0 Å². The molecule has 1 aromatic heterocycles. The minimum atomic E-state index is 0.935. The van der Waals surface area contributed by atoms with Crippen LogP contribution in [0.4, 0.5) is 17.1 Å². The van der Waals surface area contributed by atoms with Crippen molar-refractivity contribution in [1.82, 2.24) is 4.57 Å². The fraction of sp³-hybridized carbons (Fsp3) is 0.0182. The first-order chi connectivity index (χ1) is 28.3. The molecule has 0 bridgehead atoms. The fourth-order valence-electron chi connectivity index (χ4n) is 8.97. The van der Waals surface area contributed by atoms with E-state index >= 15 is 0 Å². The minimum Gasteiger partial charge on any atom is -0.310 e. The molecule has 1 aliphatic rings. The molecule has 0 amide bonds. The summed E-state index contributed by atoms with van der Waals surface area (Å²) in [6.07, 6.45) is 0.935. The van der Waals surface area contributed by atoms with E-state index in [1.807, 2.05) is 0 Å². The van der Waals surface area contributed by atoms with E-state index in [0.717, 1.165) is 29.2 Å². The Morgan fingerprint density at radius 1 is 0.333 bits per heavy atom. The van der Waals surface area contributed by atoms with Crippen molar-refractivity contribution < 1.29 is 0 Å². The smallest absolute Gasteiger partial charge is 0.0541 e. The SMILES string of the molecule is c1ccc(-c2ccc(N(c3ccc4c(c3)Cc3ccccc3-4)c3ccc(-c4ccccc4-n4c5ccccc5c5ccccc54)cc3-c3ccccc3)cc2)cc1. The van der Waals surface area contributed by atoms with Crippen molar-refractivity contribution in [3.63, 3.8) is 0 Å². The van der Waals surface area contributed by atoms with Crippen LogP contribution in [0, 0.1) is 0 Å². The molecule has 0 fully saturated rings. The van der Waals surface area contributed by atoms with Gasteiger partial charge in [0.1, 0.15) is 0 Å². The monoisotopic (exact) mass is 726 g/mol. The lowest BCUT2D eigenvalue weighted by atomic mass is 9.95. The second kappa shape index (κ2) is 13.7. The zero-order chi connectivity index (χ0) is 37.7. The molecule has 0 saturated heterocycles. The van der Waals surface area contributed by atoms with Gasteiger partial charge in [-0.2, -0.15) is 0 Å². The summed E-state index contributed by atoms with van der Waals surface area (Å²) in [7, 11) is 0. The van der Waals surface area contributed by atoms with E-state index in [1.165, 1.54) is 77.4 Å². The molecule has 2 nitrogen and oxygen atoms in total. The van der Waals surface area contributed by atoms with Crippen molar-refractivity contribution in [3.8, 4) is 50.2 Å². The molecular weight excluding hydrogens is 689 g/mol. The Morgan fingerprint density at radius 2 is 0.877 bits per heavy atom. The maximum Gasteiger partial charge on any atom is 0.0541 e. The quantitative estimate of drug-likeness (QED) is 0.159. The summed E-state index contributed by atoms with van der Waals surface area (Å²) in [4.78, 5) is 2.45. The maximum absolute atomic E-state index is 2.45. The van der Waals surface area contributed by atoms with Crippen molar-refractivity contribution in [3.05, 3.63) is 230 Å². The standard InChI is InChI=1S/C55H38N2/c1-3-15-38(16-4-1)39-27-30-44(31-28-39)56(45-32-33-47-43(36-45)35-41-19-7-8-20-46(41)47)55-34-29-42(37-51(55)40-17-5-2-6-18-40)48-21-9-12-24-52(48)57-53-25-13-10-22-49(53)50-23-11-14-26-54(50)57/h1-34,36-37H,35H2. The first-order valence-corrected chi connectivity index (χ1v) is 19.7. The number of hydrogen-bond donors (Lipinski definition) is 0. The lowest BCUT2D eigenvalue weighted by Crippen LogP contribution is -2.12. The number of fused-ring (bicyclic) bond motifs is 6. The zero-order valence-corrected chi connectivity index (χ0v) is 31.4. The third-order valence-electron chi connectivity index (χ3n) is 11.6. The van der Waals surface area contributed by atoms with E-state index in [2.05, 4.69) is 228 Å². The zero-order valence-electron chi connectivity index (χ0n) is 31.4. The molecule has 57 heavy (non-hydrogen) atoms. The van der Waals surface area contributed by atoms with Gasteiger partial charge in [0.2, 0.25) is 0 Å². The van der Waals surface area contributed by atoms with Crippen molar-refractivity contribution in [2.45, 2.75) is 6.42 Å². The van der Waals surface area contributed by atoms with Crippen LogP contribution >= 0.6 is 0 Å². The highest BCUT2D eigenvalue weighted by Gasteiger charge is 2.24. The molecule has 0 atom stereocenters. The summed E-state index contributed by atoms with van der Waals surface area (Å²) >= 11 is 0. The second-order valence-corrected chi connectivity index (χ2v) is 14.9. The van der Waals surface area contributed by atoms with E-state index in [1.54, 1.807) is 0 Å². The molecule has 2 heteroatoms. The van der Waals surface area contributed by atoms with Gasteiger partial charge in [-0.25, -0.2) is 0 Å². The second-order valence-electron chi connectivity index (χ2n) is 14.9. The van der Waals surface area contributed by atoms with Gasteiger partial charge in [-0.05, 0) is 106 Å². The lowest BCUT2D eigenvalue weighted by molar-refractivity contribution is 1.18. The highest BCUT2D eigenvalue weighted by Crippen LogP contribution is 2.46. The van der Waals surface area contributed by atoms with Gasteiger partial charge in [-0.15, -0.1) is 0 Å². The molecule has 0 spiro atoms. The van der Waals surface area contributed by atoms with Gasteiger partial charge >= 0.3 is 0 Å². The molecule has 1 heterocycles. The number of anilines is 3. The Bertz CT molecular complexity index is 3030. The van der Waals surface area contributed by atoms with Crippen molar-refractivity contribution in [2.24, 2.45) is 0 Å². The van der Waals surface area contributed by atoms with Gasteiger partial charge in [0.15, 0.2) is 0 Å². The summed E-state index contributed by atoms with van der Waals surface area (Å²) in [5, 5.41) is 2.52. The normalized spacial score (nSPS) is 11.8. The van der Waals surface area contributed by atoms with E-state index in [-0.39, 0.29) is 0 Å². The van der Waals surface area contributed by atoms with Gasteiger partial charge < -0.3 is 9.47 Å². The molecule has 0 aliphatic heterocycles. The average Bonchev–Trinajstić information content (AvgIpc) is 3.83. The molecule has 10 aromatic rings. The van der Waals surface area contributed by atoms with Crippen molar-refractivity contribution in [1.29, 1.82) is 0 Å². The molecule has 0 saturated carbocycles. The molecule has 0 N–H and O–H groups in total. The summed E-state index contributed by atoms with van der Waals surface area (Å²) < 4.78 is 2.43. The first-order valence-electron chi connectivity index (χ1n) is 19.7. The Morgan fingerprint density at radius 3 is 1.61 bits per heavy atom. The molecule has 11 rings (SSSR count). The molecule has 268 valence electrons. The number of benzene rings is 9. The van der Waals surface area contributed by atoms with Gasteiger partial charge in [0.05, 0.1) is 22.4 Å². The predicted molar refractivity (Wildman–Crippen MR) is 240 cm³/mol. The average molecular weight is 727 g/mol. The van der Waals surface area contributed by atoms with Crippen LogP contribution in [-0.4, -0.2) is 4.57 Å². The number of nitrogens with zero attached hydrogens (tertiary/aromatic N) is 2. The number of aromatic nitrogens is 1. The Balaban J connectivity index is 1.11. The Kier molecular flexibility index (Phi) is 7.93. The van der Waals surface area contributed by atoms with Gasteiger partial charge in [0, 0.05) is 33.3 Å². The van der Waals surface area contributed by atoms with Crippen LogP contribution in [0.5, 0.6) is 0 Å². The summed E-state index contributed by atoms with van der Waals surface area (Å²) in [6, 6.07) is 79.7. The van der Waals surface area contributed by atoms with E-state index in [0.29, 0.717) is 0 Å². The van der Waals surface area contributed by atoms with Crippen LogP contribution in [0.2, 0.25) is 0 Å². The van der Waals surface area contributed by atoms with Gasteiger partial charge in [-0.1, -0.05) is 164 Å². The number of hydrogen-bond acceptors (Lipinski definition) is 1. The van der Waals surface area contributed by atoms with Crippen molar-refractivity contribution >= 4 is 38.9 Å². The third kappa shape index (κ3) is 5.65. The molecule has 1 aliphatic carbocycles. The van der Waals surface area contributed by atoms with Crippen LogP contribution in [0.3, 0.4) is 0 Å². The molecule has 9 aromatic carbocycles. The number of para-hydroxylation sites is 3. The topological polar surface area (TPSA) is 8.17 Å². The summed E-state index contributed by atoms with van der Waals surface area (Å²) in [5.41, 5.74) is 19.5. The highest BCUT2D eigenvalue weighted by molar-refractivity contribution is 6.10. The molecule has 0 radical (unpaired) electrons. The maximum atomic E-state index is 2.45. The van der Waals surface area contributed by atoms with E-state index in [4.69, 9.17) is 0 Å². The van der Waals surface area contributed by atoms with Crippen LogP contribution in [0.25, 0.3) is 72.0 Å². The van der Waals surface area contributed by atoms with Gasteiger partial charge in [-0.3, -0.25) is 0 Å². The minimum absolute atomic E-state index is 0.935. The van der Waals surface area contributed by atoms with Crippen LogP contribution in [-0.2, 0) is 6.42 Å². The number of rotatable bonds is 7.